The summed E-state index contributed by atoms with van der Waals surface area (Å²) in [7, 11) is 1.95. The summed E-state index contributed by atoms with van der Waals surface area (Å²) < 4.78 is 2.23. The average Bonchev–Trinajstić information content (AvgIpc) is 2.54. The SMILES string of the molecule is CNCc1cccn1CCCCO. The third kappa shape index (κ3) is 3.20. The van der Waals surface area contributed by atoms with E-state index < -0.39 is 0 Å². The first-order valence-electron chi connectivity index (χ1n) is 4.78. The summed E-state index contributed by atoms with van der Waals surface area (Å²) in [5, 5.41) is 11.8. The van der Waals surface area contributed by atoms with E-state index in [1.54, 1.807) is 0 Å². The summed E-state index contributed by atoms with van der Waals surface area (Å²) in [6.07, 6.45) is 4.02. The molecular formula is C10H18N2O. The van der Waals surface area contributed by atoms with Crippen LogP contribution in [-0.4, -0.2) is 23.3 Å². The Morgan fingerprint density at radius 3 is 3.00 bits per heavy atom. The minimum absolute atomic E-state index is 0.294. The minimum atomic E-state index is 0.294. The van der Waals surface area contributed by atoms with Gasteiger partial charge in [-0.3, -0.25) is 0 Å². The highest BCUT2D eigenvalue weighted by molar-refractivity contribution is 5.06. The van der Waals surface area contributed by atoms with Gasteiger partial charge in [0, 0.05) is 31.6 Å². The van der Waals surface area contributed by atoms with Crippen LogP contribution < -0.4 is 5.32 Å². The first kappa shape index (κ1) is 10.3. The monoisotopic (exact) mass is 182 g/mol. The maximum absolute atomic E-state index is 8.65. The second-order valence-corrected chi connectivity index (χ2v) is 3.15. The van der Waals surface area contributed by atoms with E-state index in [0.717, 1.165) is 25.9 Å². The van der Waals surface area contributed by atoms with Gasteiger partial charge in [-0.25, -0.2) is 0 Å². The van der Waals surface area contributed by atoms with Crippen molar-refractivity contribution in [2.24, 2.45) is 0 Å². The van der Waals surface area contributed by atoms with Crippen molar-refractivity contribution >= 4 is 0 Å². The fourth-order valence-electron chi connectivity index (χ4n) is 1.40. The highest BCUT2D eigenvalue weighted by atomic mass is 16.2. The first-order chi connectivity index (χ1) is 6.38. The predicted molar refractivity (Wildman–Crippen MR) is 53.5 cm³/mol. The fraction of sp³-hybridized carbons (Fsp3) is 0.600. The molecule has 0 bridgehead atoms. The van der Waals surface area contributed by atoms with Gasteiger partial charge in [-0.05, 0) is 32.0 Å². The van der Waals surface area contributed by atoms with Crippen LogP contribution in [0.5, 0.6) is 0 Å². The highest BCUT2D eigenvalue weighted by Crippen LogP contribution is 2.04. The molecule has 0 unspecified atom stereocenters. The quantitative estimate of drug-likeness (QED) is 0.643. The summed E-state index contributed by atoms with van der Waals surface area (Å²) >= 11 is 0. The Balaban J connectivity index is 2.40. The van der Waals surface area contributed by atoms with E-state index in [1.165, 1.54) is 5.69 Å². The van der Waals surface area contributed by atoms with Crippen molar-refractivity contribution in [3.63, 3.8) is 0 Å². The van der Waals surface area contributed by atoms with Crippen LogP contribution in [0.15, 0.2) is 18.3 Å². The molecule has 1 heterocycles. The normalized spacial score (nSPS) is 10.6. The summed E-state index contributed by atoms with van der Waals surface area (Å²) in [5.74, 6) is 0. The highest BCUT2D eigenvalue weighted by Gasteiger charge is 1.98. The van der Waals surface area contributed by atoms with Gasteiger partial charge in [-0.2, -0.15) is 0 Å². The Hall–Kier alpha value is -0.800. The number of hydrogen-bond acceptors (Lipinski definition) is 2. The maximum Gasteiger partial charge on any atom is 0.0431 e. The van der Waals surface area contributed by atoms with E-state index in [-0.39, 0.29) is 0 Å². The standard InChI is InChI=1S/C10H18N2O/c1-11-9-10-5-4-7-12(10)6-2-3-8-13/h4-5,7,11,13H,2-3,6,8-9H2,1H3. The summed E-state index contributed by atoms with van der Waals surface area (Å²) in [5.41, 5.74) is 1.31. The summed E-state index contributed by atoms with van der Waals surface area (Å²) in [4.78, 5) is 0. The maximum atomic E-state index is 8.65. The zero-order chi connectivity index (χ0) is 9.52. The van der Waals surface area contributed by atoms with Gasteiger partial charge in [0.25, 0.3) is 0 Å². The molecule has 1 aromatic rings. The van der Waals surface area contributed by atoms with Crippen LogP contribution >= 0.6 is 0 Å². The number of rotatable bonds is 6. The zero-order valence-electron chi connectivity index (χ0n) is 8.16. The van der Waals surface area contributed by atoms with Crippen molar-refractivity contribution in [1.29, 1.82) is 0 Å². The fourth-order valence-corrected chi connectivity index (χ4v) is 1.40. The number of aromatic nitrogens is 1. The number of nitrogens with zero attached hydrogens (tertiary/aromatic N) is 1. The molecular weight excluding hydrogens is 164 g/mol. The van der Waals surface area contributed by atoms with E-state index in [1.807, 2.05) is 7.05 Å². The molecule has 0 amide bonds. The molecule has 0 saturated carbocycles. The van der Waals surface area contributed by atoms with Gasteiger partial charge in [0.15, 0.2) is 0 Å². The number of hydrogen-bond donors (Lipinski definition) is 2. The predicted octanol–water partition coefficient (Wildman–Crippen LogP) is 0.980. The molecule has 1 rings (SSSR count). The van der Waals surface area contributed by atoms with E-state index in [0.29, 0.717) is 6.61 Å². The first-order valence-corrected chi connectivity index (χ1v) is 4.78. The number of unbranched alkanes of at least 4 members (excludes halogenated alkanes) is 1. The Labute approximate surface area is 79.4 Å². The van der Waals surface area contributed by atoms with Crippen molar-refractivity contribution < 1.29 is 5.11 Å². The third-order valence-electron chi connectivity index (χ3n) is 2.09. The van der Waals surface area contributed by atoms with Gasteiger partial charge in [0.05, 0.1) is 0 Å². The molecule has 13 heavy (non-hydrogen) atoms. The van der Waals surface area contributed by atoms with Crippen LogP contribution in [0, 0.1) is 0 Å². The number of aliphatic hydroxyl groups is 1. The molecule has 0 aromatic carbocycles. The van der Waals surface area contributed by atoms with E-state index in [9.17, 15) is 0 Å². The second kappa shape index (κ2) is 5.78. The molecule has 2 N–H and O–H groups in total. The lowest BCUT2D eigenvalue weighted by molar-refractivity contribution is 0.281. The Kier molecular flexibility index (Phi) is 4.57. The van der Waals surface area contributed by atoms with Crippen molar-refractivity contribution in [3.05, 3.63) is 24.0 Å². The molecule has 3 heteroatoms. The lowest BCUT2D eigenvalue weighted by Gasteiger charge is -2.07. The van der Waals surface area contributed by atoms with Crippen molar-refractivity contribution in [2.75, 3.05) is 13.7 Å². The smallest absolute Gasteiger partial charge is 0.0431 e. The van der Waals surface area contributed by atoms with Gasteiger partial charge in [-0.15, -0.1) is 0 Å². The van der Waals surface area contributed by atoms with Gasteiger partial charge in [-0.1, -0.05) is 0 Å². The Morgan fingerprint density at radius 2 is 2.31 bits per heavy atom. The zero-order valence-corrected chi connectivity index (χ0v) is 8.16. The molecule has 3 nitrogen and oxygen atoms in total. The van der Waals surface area contributed by atoms with Crippen molar-refractivity contribution in [1.82, 2.24) is 9.88 Å². The molecule has 0 saturated heterocycles. The number of aliphatic hydroxyl groups excluding tert-OH is 1. The molecule has 0 atom stereocenters. The van der Waals surface area contributed by atoms with Gasteiger partial charge < -0.3 is 15.0 Å². The summed E-state index contributed by atoms with van der Waals surface area (Å²) in [6, 6.07) is 4.18. The third-order valence-corrected chi connectivity index (χ3v) is 2.09. The topological polar surface area (TPSA) is 37.2 Å². The number of aryl methyl sites for hydroxylation is 1. The van der Waals surface area contributed by atoms with Crippen LogP contribution in [0.25, 0.3) is 0 Å². The van der Waals surface area contributed by atoms with Crippen LogP contribution in [0.1, 0.15) is 18.5 Å². The second-order valence-electron chi connectivity index (χ2n) is 3.15. The molecule has 0 spiro atoms. The van der Waals surface area contributed by atoms with Crippen LogP contribution in [-0.2, 0) is 13.1 Å². The molecule has 0 aliphatic rings. The molecule has 1 aromatic heterocycles. The Morgan fingerprint density at radius 1 is 1.46 bits per heavy atom. The van der Waals surface area contributed by atoms with Gasteiger partial charge >= 0.3 is 0 Å². The van der Waals surface area contributed by atoms with Gasteiger partial charge in [0.2, 0.25) is 0 Å². The van der Waals surface area contributed by atoms with Gasteiger partial charge in [0.1, 0.15) is 0 Å². The van der Waals surface area contributed by atoms with Crippen molar-refractivity contribution in [2.45, 2.75) is 25.9 Å². The van der Waals surface area contributed by atoms with E-state index in [2.05, 4.69) is 28.2 Å². The van der Waals surface area contributed by atoms with Crippen LogP contribution in [0.4, 0.5) is 0 Å². The van der Waals surface area contributed by atoms with E-state index >= 15 is 0 Å². The molecule has 0 radical (unpaired) electrons. The van der Waals surface area contributed by atoms with Crippen LogP contribution in [0.2, 0.25) is 0 Å². The van der Waals surface area contributed by atoms with Crippen molar-refractivity contribution in [3.8, 4) is 0 Å². The average molecular weight is 182 g/mol. The molecule has 0 fully saturated rings. The van der Waals surface area contributed by atoms with Crippen LogP contribution in [0.3, 0.4) is 0 Å². The molecule has 0 aliphatic heterocycles. The molecule has 0 aliphatic carbocycles. The minimum Gasteiger partial charge on any atom is -0.396 e. The lowest BCUT2D eigenvalue weighted by Crippen LogP contribution is -2.11. The number of nitrogens with one attached hydrogen (secondary N) is 1. The Bertz CT molecular complexity index is 233. The largest absolute Gasteiger partial charge is 0.396 e. The lowest BCUT2D eigenvalue weighted by atomic mass is 10.3. The molecule has 74 valence electrons. The van der Waals surface area contributed by atoms with E-state index in [4.69, 9.17) is 5.11 Å². The summed E-state index contributed by atoms with van der Waals surface area (Å²) in [6.45, 7) is 2.21.